The van der Waals surface area contributed by atoms with Crippen LogP contribution in [0, 0.1) is 13.8 Å². The maximum absolute atomic E-state index is 11.4. The maximum Gasteiger partial charge on any atom is 0.351 e. The number of aryl methyl sites for hydroxylation is 1. The topological polar surface area (TPSA) is 57.0 Å². The third-order valence-corrected chi connectivity index (χ3v) is 4.27. The van der Waals surface area contributed by atoms with Crippen LogP contribution in [0.25, 0.3) is 5.13 Å². The van der Waals surface area contributed by atoms with Gasteiger partial charge in [0.25, 0.3) is 0 Å². The normalized spacial score (nSPS) is 10.7. The second-order valence-electron chi connectivity index (χ2n) is 3.50. The van der Waals surface area contributed by atoms with Gasteiger partial charge in [-0.1, -0.05) is 34.5 Å². The molecule has 2 heterocycles. The lowest BCUT2D eigenvalue weighted by molar-refractivity contribution is 0.0606. The van der Waals surface area contributed by atoms with Crippen LogP contribution in [0.15, 0.2) is 0 Å². The number of ether oxygens (including phenoxy) is 1. The summed E-state index contributed by atoms with van der Waals surface area (Å²) >= 11 is 13.1. The molecule has 2 rings (SSSR count). The average Bonchev–Trinajstić information content (AvgIpc) is 2.84. The number of nitrogens with zero attached hydrogens (tertiary/aromatic N) is 3. The number of carbonyl (C=O) groups is 1. The highest BCUT2D eigenvalue weighted by atomic mass is 35.5. The SMILES string of the molecule is COC(=O)c1sc(-n2nc(C)c(Cl)c2C)nc1Cl. The van der Waals surface area contributed by atoms with E-state index in [1.807, 2.05) is 6.92 Å². The molecule has 0 N–H and O–H groups in total. The van der Waals surface area contributed by atoms with Crippen LogP contribution in [-0.4, -0.2) is 27.8 Å². The molecule has 18 heavy (non-hydrogen) atoms. The number of aromatic nitrogens is 3. The highest BCUT2D eigenvalue weighted by Crippen LogP contribution is 2.29. The molecule has 0 aliphatic carbocycles. The van der Waals surface area contributed by atoms with Gasteiger partial charge in [0.05, 0.1) is 23.5 Å². The summed E-state index contributed by atoms with van der Waals surface area (Å²) in [6, 6.07) is 0. The lowest BCUT2D eigenvalue weighted by Crippen LogP contribution is -1.98. The van der Waals surface area contributed by atoms with Gasteiger partial charge in [-0.15, -0.1) is 0 Å². The Morgan fingerprint density at radius 3 is 2.56 bits per heavy atom. The minimum atomic E-state index is -0.517. The number of methoxy groups -OCH3 is 1. The van der Waals surface area contributed by atoms with Gasteiger partial charge in [-0.2, -0.15) is 5.10 Å². The number of carbonyl (C=O) groups excluding carboxylic acids is 1. The van der Waals surface area contributed by atoms with Crippen molar-refractivity contribution in [1.82, 2.24) is 14.8 Å². The van der Waals surface area contributed by atoms with Gasteiger partial charge < -0.3 is 4.74 Å². The number of halogens is 2. The van der Waals surface area contributed by atoms with E-state index in [1.165, 1.54) is 7.11 Å². The molecule has 2 aromatic rings. The van der Waals surface area contributed by atoms with E-state index in [0.717, 1.165) is 17.0 Å². The first-order chi connectivity index (χ1) is 8.45. The summed E-state index contributed by atoms with van der Waals surface area (Å²) in [5.41, 5.74) is 1.44. The fourth-order valence-electron chi connectivity index (χ4n) is 1.41. The molecular weight excluding hydrogens is 297 g/mol. The van der Waals surface area contributed by atoms with E-state index in [4.69, 9.17) is 23.2 Å². The predicted molar refractivity (Wildman–Crippen MR) is 70.1 cm³/mol. The molecule has 0 bridgehead atoms. The molecule has 0 amide bonds. The van der Waals surface area contributed by atoms with Crippen molar-refractivity contribution in [3.05, 3.63) is 26.4 Å². The lowest BCUT2D eigenvalue weighted by Gasteiger charge is -1.97. The Hall–Kier alpha value is -1.11. The average molecular weight is 306 g/mol. The number of rotatable bonds is 2. The van der Waals surface area contributed by atoms with Crippen LogP contribution in [0.3, 0.4) is 0 Å². The minimum absolute atomic E-state index is 0.102. The van der Waals surface area contributed by atoms with Crippen molar-refractivity contribution in [2.24, 2.45) is 0 Å². The van der Waals surface area contributed by atoms with Crippen molar-refractivity contribution in [2.75, 3.05) is 7.11 Å². The Kier molecular flexibility index (Phi) is 3.61. The fraction of sp³-hybridized carbons (Fsp3) is 0.300. The largest absolute Gasteiger partial charge is 0.465 e. The highest BCUT2D eigenvalue weighted by Gasteiger charge is 2.20. The summed E-state index contributed by atoms with van der Waals surface area (Å²) in [6.45, 7) is 3.61. The molecule has 2 aromatic heterocycles. The third kappa shape index (κ3) is 2.11. The van der Waals surface area contributed by atoms with E-state index in [0.29, 0.717) is 15.8 Å². The van der Waals surface area contributed by atoms with Gasteiger partial charge in [0.1, 0.15) is 0 Å². The Labute approximate surface area is 117 Å². The fourth-order valence-corrected chi connectivity index (χ4v) is 2.73. The molecular formula is C10H9Cl2N3O2S. The second kappa shape index (κ2) is 4.87. The van der Waals surface area contributed by atoms with E-state index in [-0.39, 0.29) is 10.0 Å². The summed E-state index contributed by atoms with van der Waals surface area (Å²) in [6.07, 6.45) is 0. The van der Waals surface area contributed by atoms with E-state index in [9.17, 15) is 4.79 Å². The molecule has 5 nitrogen and oxygen atoms in total. The molecule has 0 atom stereocenters. The first kappa shape index (κ1) is 13.3. The zero-order valence-electron chi connectivity index (χ0n) is 9.82. The number of thiazole rings is 1. The van der Waals surface area contributed by atoms with Crippen LogP contribution in [0.5, 0.6) is 0 Å². The van der Waals surface area contributed by atoms with Crippen molar-refractivity contribution in [3.63, 3.8) is 0 Å². The molecule has 96 valence electrons. The molecule has 0 saturated carbocycles. The minimum Gasteiger partial charge on any atom is -0.465 e. The standard InChI is InChI=1S/C10H9Cl2N3O2S/c1-4-6(11)5(2)15(14-4)10-13-8(12)7(18-10)9(16)17-3/h1-3H3. The quantitative estimate of drug-likeness (QED) is 0.800. The first-order valence-electron chi connectivity index (χ1n) is 4.92. The summed E-state index contributed by atoms with van der Waals surface area (Å²) in [5, 5.41) is 5.39. The lowest BCUT2D eigenvalue weighted by atomic mass is 10.4. The van der Waals surface area contributed by atoms with Gasteiger partial charge in [0.2, 0.25) is 5.13 Å². The Morgan fingerprint density at radius 1 is 1.39 bits per heavy atom. The molecule has 0 unspecified atom stereocenters. The maximum atomic E-state index is 11.4. The number of hydrogen-bond acceptors (Lipinski definition) is 5. The molecule has 8 heteroatoms. The predicted octanol–water partition coefficient (Wildman–Crippen LogP) is 3.04. The van der Waals surface area contributed by atoms with Crippen LogP contribution in [-0.2, 0) is 4.74 Å². The third-order valence-electron chi connectivity index (χ3n) is 2.33. The molecule has 0 aliphatic rings. The van der Waals surface area contributed by atoms with E-state index in [2.05, 4.69) is 14.8 Å². The van der Waals surface area contributed by atoms with Crippen molar-refractivity contribution >= 4 is 40.5 Å². The molecule has 0 aromatic carbocycles. The van der Waals surface area contributed by atoms with Crippen LogP contribution in [0.1, 0.15) is 21.1 Å². The first-order valence-corrected chi connectivity index (χ1v) is 6.49. The van der Waals surface area contributed by atoms with Crippen molar-refractivity contribution in [1.29, 1.82) is 0 Å². The van der Waals surface area contributed by atoms with Gasteiger partial charge in [-0.3, -0.25) is 0 Å². The summed E-state index contributed by atoms with van der Waals surface area (Å²) < 4.78 is 6.17. The monoisotopic (exact) mass is 305 g/mol. The van der Waals surface area contributed by atoms with Crippen molar-refractivity contribution in [3.8, 4) is 5.13 Å². The molecule has 0 fully saturated rings. The zero-order valence-corrected chi connectivity index (χ0v) is 12.2. The summed E-state index contributed by atoms with van der Waals surface area (Å²) in [7, 11) is 1.29. The van der Waals surface area contributed by atoms with Crippen LogP contribution >= 0.6 is 34.5 Å². The van der Waals surface area contributed by atoms with E-state index < -0.39 is 5.97 Å². The van der Waals surface area contributed by atoms with Crippen molar-refractivity contribution in [2.45, 2.75) is 13.8 Å². The van der Waals surface area contributed by atoms with E-state index in [1.54, 1.807) is 11.6 Å². The zero-order chi connectivity index (χ0) is 13.4. The summed E-state index contributed by atoms with van der Waals surface area (Å²) in [4.78, 5) is 15.8. The highest BCUT2D eigenvalue weighted by molar-refractivity contribution is 7.16. The molecule has 0 saturated heterocycles. The smallest absolute Gasteiger partial charge is 0.351 e. The number of esters is 1. The van der Waals surface area contributed by atoms with Crippen molar-refractivity contribution < 1.29 is 9.53 Å². The van der Waals surface area contributed by atoms with Gasteiger partial charge >= 0.3 is 5.97 Å². The second-order valence-corrected chi connectivity index (χ2v) is 5.22. The van der Waals surface area contributed by atoms with Crippen LogP contribution < -0.4 is 0 Å². The Balaban J connectivity index is 2.52. The molecule has 0 spiro atoms. The van der Waals surface area contributed by atoms with Crippen LogP contribution in [0.2, 0.25) is 10.2 Å². The van der Waals surface area contributed by atoms with Gasteiger partial charge in [-0.05, 0) is 13.8 Å². The number of hydrogen-bond donors (Lipinski definition) is 0. The van der Waals surface area contributed by atoms with E-state index >= 15 is 0 Å². The van der Waals surface area contributed by atoms with Crippen LogP contribution in [0.4, 0.5) is 0 Å². The van der Waals surface area contributed by atoms with Gasteiger partial charge in [0.15, 0.2) is 10.0 Å². The molecule has 0 aliphatic heterocycles. The van der Waals surface area contributed by atoms with Gasteiger partial charge in [0, 0.05) is 0 Å². The Morgan fingerprint density at radius 2 is 2.06 bits per heavy atom. The Bertz CT molecular complexity index is 621. The van der Waals surface area contributed by atoms with Gasteiger partial charge in [-0.25, -0.2) is 14.5 Å². The summed E-state index contributed by atoms with van der Waals surface area (Å²) in [5.74, 6) is -0.517. The molecule has 0 radical (unpaired) electrons.